The zero-order chi connectivity index (χ0) is 0. The summed E-state index contributed by atoms with van der Waals surface area (Å²) in [4.78, 5) is 0. The normalized spacial score (nSPS) is 0. The van der Waals surface area contributed by atoms with Crippen molar-refractivity contribution in [1.82, 2.24) is 0 Å². The molecule has 0 aromatic rings. The summed E-state index contributed by atoms with van der Waals surface area (Å²) < 4.78 is 0. The van der Waals surface area contributed by atoms with Crippen LogP contribution in [-0.4, -0.2) is 18.9 Å². The van der Waals surface area contributed by atoms with E-state index in [2.05, 4.69) is 0 Å². The first kappa shape index (κ1) is 84.9. The van der Waals surface area contributed by atoms with Crippen molar-refractivity contribution in [3.8, 4) is 0 Å². The van der Waals surface area contributed by atoms with E-state index in [0.29, 0.717) is 0 Å². The van der Waals surface area contributed by atoms with E-state index in [1.165, 1.54) is 0 Å². The second kappa shape index (κ2) is 60.8. The first-order chi connectivity index (χ1) is 0. The smallest absolute Gasteiger partial charge is 0 e. The maximum Gasteiger partial charge on any atom is 0 e. The van der Waals surface area contributed by atoms with E-state index < -0.39 is 0 Å². The van der Waals surface area contributed by atoms with Crippen molar-refractivity contribution in [2.45, 2.75) is 0 Å². The van der Waals surface area contributed by atoms with Crippen molar-refractivity contribution in [2.75, 3.05) is 0 Å². The molecular weight excluding hydrogens is 193 g/mol. The van der Waals surface area contributed by atoms with Crippen LogP contribution in [0.3, 0.4) is 0 Å². The molecule has 0 amide bonds. The molecule has 0 aromatic heterocycles. The molecule has 0 bridgehead atoms. The van der Waals surface area contributed by atoms with Crippen LogP contribution in [0.2, 0.25) is 0 Å². The van der Waals surface area contributed by atoms with Gasteiger partial charge in [0, 0.05) is 18.9 Å². The molecule has 0 saturated carbocycles. The molecule has 7 heteroatoms. The molecular formula is H18LiP6. The molecule has 7 heavy (non-hydrogen) atoms. The quantitative estimate of drug-likeness (QED) is 0.389. The minimum Gasteiger partial charge on any atom is -0.153 e. The number of hydrogen-bond donors (Lipinski definition) is 0. The van der Waals surface area contributed by atoms with Crippen LogP contribution in [0.1, 0.15) is 0 Å². The molecule has 6 unspecified atom stereocenters. The van der Waals surface area contributed by atoms with Crippen molar-refractivity contribution in [3.63, 3.8) is 0 Å². The van der Waals surface area contributed by atoms with Crippen molar-refractivity contribution in [2.24, 2.45) is 0 Å². The predicted octanol–water partition coefficient (Wildman–Crippen LogP) is -0.0322. The molecule has 6 atom stereocenters. The summed E-state index contributed by atoms with van der Waals surface area (Å²) in [5, 5.41) is 0. The Balaban J connectivity index is 0. The molecule has 0 saturated heterocycles. The summed E-state index contributed by atoms with van der Waals surface area (Å²) in [6.07, 6.45) is 0. The summed E-state index contributed by atoms with van der Waals surface area (Å²) in [6, 6.07) is 0. The third kappa shape index (κ3) is 46.8. The van der Waals surface area contributed by atoms with E-state index >= 15 is 0 Å². The molecule has 0 aliphatic heterocycles. The van der Waals surface area contributed by atoms with Gasteiger partial charge in [-0.15, -0.1) is 0 Å². The topological polar surface area (TPSA) is 0 Å². The van der Waals surface area contributed by atoms with Crippen LogP contribution >= 0.6 is 59.4 Å². The monoisotopic (exact) mass is 211 g/mol. The van der Waals surface area contributed by atoms with Gasteiger partial charge in [-0.1, -0.05) is 0 Å². The Labute approximate surface area is 78.2 Å². The summed E-state index contributed by atoms with van der Waals surface area (Å²) in [6.45, 7) is 0. The second-order valence-electron chi connectivity index (χ2n) is 0. The Hall–Kier alpha value is 3.18. The molecule has 0 aliphatic carbocycles. The fourth-order valence-corrected chi connectivity index (χ4v) is 0. The third-order valence-corrected chi connectivity index (χ3v) is 0. The van der Waals surface area contributed by atoms with Gasteiger partial charge in [0.05, 0.1) is 0 Å². The van der Waals surface area contributed by atoms with Crippen LogP contribution in [0, 0.1) is 0 Å². The van der Waals surface area contributed by atoms with E-state index in [9.17, 15) is 0 Å². The Morgan fingerprint density at radius 3 is 0.286 bits per heavy atom. The molecule has 0 nitrogen and oxygen atoms in total. The van der Waals surface area contributed by atoms with Gasteiger partial charge in [-0.2, -0.15) is 59.4 Å². The van der Waals surface area contributed by atoms with Crippen LogP contribution in [0.15, 0.2) is 0 Å². The van der Waals surface area contributed by atoms with Crippen LogP contribution in [-0.2, 0) is 0 Å². The van der Waals surface area contributed by atoms with Crippen molar-refractivity contribution < 1.29 is 0 Å². The number of rotatable bonds is 0. The van der Waals surface area contributed by atoms with E-state index in [4.69, 9.17) is 0 Å². The molecule has 0 heterocycles. The SMILES string of the molecule is P.P.P.P.P.P.[Li]. The maximum atomic E-state index is 0. The fraction of sp³-hybridized carbons (Fsp3) is 0. The zero-order valence-corrected chi connectivity index (χ0v) is 13.7. The van der Waals surface area contributed by atoms with Gasteiger partial charge in [-0.25, -0.2) is 0 Å². The Morgan fingerprint density at radius 2 is 0.286 bits per heavy atom. The van der Waals surface area contributed by atoms with Crippen LogP contribution in [0.4, 0.5) is 0 Å². The van der Waals surface area contributed by atoms with Crippen LogP contribution in [0.5, 0.6) is 0 Å². The Morgan fingerprint density at radius 1 is 0.286 bits per heavy atom. The minimum absolute atomic E-state index is 0. The van der Waals surface area contributed by atoms with Gasteiger partial charge in [0.2, 0.25) is 0 Å². The molecule has 0 aromatic carbocycles. The fourth-order valence-electron chi connectivity index (χ4n) is 0. The standard InChI is InChI=1S/Li.6H3P/h;6*1H3. The van der Waals surface area contributed by atoms with Gasteiger partial charge in [0.1, 0.15) is 0 Å². The average molecular weight is 211 g/mol. The van der Waals surface area contributed by atoms with Gasteiger partial charge >= 0.3 is 0 Å². The average Bonchev–Trinajstić information content (AvgIpc) is 0. The largest absolute Gasteiger partial charge is 0.153 e. The van der Waals surface area contributed by atoms with Gasteiger partial charge in [-0.05, 0) is 0 Å². The van der Waals surface area contributed by atoms with Crippen molar-refractivity contribution >= 4 is 78.3 Å². The maximum absolute atomic E-state index is 0. The second-order valence-corrected chi connectivity index (χ2v) is 0. The van der Waals surface area contributed by atoms with Gasteiger partial charge in [0.25, 0.3) is 0 Å². The van der Waals surface area contributed by atoms with Gasteiger partial charge < -0.3 is 0 Å². The minimum atomic E-state index is 0. The Bertz CT molecular complexity index is 4.14. The molecule has 0 rings (SSSR count). The molecule has 0 fully saturated rings. The summed E-state index contributed by atoms with van der Waals surface area (Å²) in [5.41, 5.74) is 0. The molecule has 0 aliphatic rings. The van der Waals surface area contributed by atoms with Gasteiger partial charge in [-0.3, -0.25) is 0 Å². The van der Waals surface area contributed by atoms with Crippen molar-refractivity contribution in [3.05, 3.63) is 0 Å². The molecule has 1 radical (unpaired) electrons. The van der Waals surface area contributed by atoms with E-state index in [1.54, 1.807) is 0 Å². The van der Waals surface area contributed by atoms with E-state index in [1.807, 2.05) is 0 Å². The Kier molecular flexibility index (Phi) is 737. The van der Waals surface area contributed by atoms with Gasteiger partial charge in [0.15, 0.2) is 0 Å². The third-order valence-electron chi connectivity index (χ3n) is 0. The van der Waals surface area contributed by atoms with Crippen LogP contribution in [0.25, 0.3) is 0 Å². The molecule has 0 spiro atoms. The predicted molar refractivity (Wildman–Crippen MR) is 72.4 cm³/mol. The summed E-state index contributed by atoms with van der Waals surface area (Å²) in [5.74, 6) is 0. The van der Waals surface area contributed by atoms with E-state index in [-0.39, 0.29) is 78.3 Å². The zero-order valence-electron chi connectivity index (χ0n) is 5.24. The summed E-state index contributed by atoms with van der Waals surface area (Å²) in [7, 11) is 0. The molecule has 0 N–H and O–H groups in total. The number of hydrogen-bond acceptors (Lipinski definition) is 0. The molecule has 49 valence electrons. The first-order valence-corrected chi connectivity index (χ1v) is 0. The van der Waals surface area contributed by atoms with Crippen LogP contribution < -0.4 is 0 Å². The summed E-state index contributed by atoms with van der Waals surface area (Å²) >= 11 is 0. The van der Waals surface area contributed by atoms with Crippen molar-refractivity contribution in [1.29, 1.82) is 0 Å². The first-order valence-electron chi connectivity index (χ1n) is 0. The van der Waals surface area contributed by atoms with E-state index in [0.717, 1.165) is 0 Å².